The number of nitrogens with zero attached hydrogens (tertiary/aromatic N) is 4. The van der Waals surface area contributed by atoms with Crippen molar-refractivity contribution in [1.82, 2.24) is 19.9 Å². The molecule has 0 aliphatic carbocycles. The van der Waals surface area contributed by atoms with Gasteiger partial charge in [0.1, 0.15) is 24.1 Å². The third kappa shape index (κ3) is 2.10. The highest BCUT2D eigenvalue weighted by atomic mass is 35.5. The van der Waals surface area contributed by atoms with Crippen LogP contribution < -0.4 is 4.74 Å². The molecule has 0 atom stereocenters. The van der Waals surface area contributed by atoms with Crippen molar-refractivity contribution in [2.24, 2.45) is 0 Å². The highest BCUT2D eigenvalue weighted by Gasteiger charge is 2.05. The lowest BCUT2D eigenvalue weighted by atomic mass is 10.4. The Morgan fingerprint density at radius 3 is 3.06 bits per heavy atom. The summed E-state index contributed by atoms with van der Waals surface area (Å²) in [4.78, 5) is 16.3. The van der Waals surface area contributed by atoms with Gasteiger partial charge in [0, 0.05) is 6.20 Å². The van der Waals surface area contributed by atoms with Gasteiger partial charge in [0.2, 0.25) is 5.88 Å². The predicted molar refractivity (Wildman–Crippen MR) is 63.2 cm³/mol. The van der Waals surface area contributed by atoms with Crippen LogP contribution >= 0.6 is 11.6 Å². The largest absolute Gasteiger partial charge is 0.470 e. The molecule has 0 aliphatic rings. The quantitative estimate of drug-likeness (QED) is 0.674. The fourth-order valence-electron chi connectivity index (χ4n) is 1.42. The van der Waals surface area contributed by atoms with Crippen LogP contribution in [0.3, 0.4) is 0 Å². The summed E-state index contributed by atoms with van der Waals surface area (Å²) in [6.45, 7) is 0.273. The first kappa shape index (κ1) is 10.9. The fourth-order valence-corrected chi connectivity index (χ4v) is 1.62. The van der Waals surface area contributed by atoms with E-state index in [1.807, 2.05) is 0 Å². The van der Waals surface area contributed by atoms with E-state index in [4.69, 9.17) is 20.8 Å². The summed E-state index contributed by atoms with van der Waals surface area (Å²) in [6.07, 6.45) is 5.92. The number of pyridine rings is 1. The molecule has 0 amide bonds. The molecule has 0 fully saturated rings. The second kappa shape index (κ2) is 4.58. The van der Waals surface area contributed by atoms with E-state index in [9.17, 15) is 0 Å². The van der Waals surface area contributed by atoms with E-state index < -0.39 is 0 Å². The number of aromatic nitrogens is 4. The average molecular weight is 263 g/mol. The third-order valence-corrected chi connectivity index (χ3v) is 2.52. The van der Waals surface area contributed by atoms with Gasteiger partial charge in [0.05, 0.1) is 11.7 Å². The van der Waals surface area contributed by atoms with E-state index in [1.54, 1.807) is 12.3 Å². The van der Waals surface area contributed by atoms with Crippen LogP contribution in [-0.2, 0) is 6.61 Å². The van der Waals surface area contributed by atoms with Gasteiger partial charge in [-0.2, -0.15) is 0 Å². The normalized spacial score (nSPS) is 10.7. The number of fused-ring (bicyclic) bond motifs is 1. The van der Waals surface area contributed by atoms with Crippen LogP contribution in [0.4, 0.5) is 0 Å². The second-order valence-electron chi connectivity index (χ2n) is 3.45. The van der Waals surface area contributed by atoms with Gasteiger partial charge in [-0.3, -0.25) is 0 Å². The summed E-state index contributed by atoms with van der Waals surface area (Å²) in [5.74, 6) is 0.396. The first-order valence-corrected chi connectivity index (χ1v) is 5.48. The number of ether oxygens (including phenoxy) is 1. The molecular weight excluding hydrogens is 256 g/mol. The van der Waals surface area contributed by atoms with E-state index in [-0.39, 0.29) is 6.61 Å². The molecule has 3 heterocycles. The summed E-state index contributed by atoms with van der Waals surface area (Å²) in [5.41, 5.74) is 1.87. The molecule has 0 aromatic carbocycles. The van der Waals surface area contributed by atoms with Crippen molar-refractivity contribution in [3.8, 4) is 5.88 Å². The molecule has 3 aromatic rings. The maximum atomic E-state index is 5.89. The van der Waals surface area contributed by atoms with Gasteiger partial charge in [-0.1, -0.05) is 11.6 Å². The Morgan fingerprint density at radius 1 is 1.28 bits per heavy atom. The lowest BCUT2D eigenvalue weighted by Crippen LogP contribution is -1.98. The zero-order valence-corrected chi connectivity index (χ0v) is 9.83. The van der Waals surface area contributed by atoms with E-state index in [2.05, 4.69) is 19.9 Å². The van der Waals surface area contributed by atoms with E-state index in [0.717, 1.165) is 0 Å². The van der Waals surface area contributed by atoms with Gasteiger partial charge < -0.3 is 9.15 Å². The lowest BCUT2D eigenvalue weighted by molar-refractivity contribution is 0.289. The molecule has 3 rings (SSSR count). The summed E-state index contributed by atoms with van der Waals surface area (Å²) in [5, 5.41) is 0.322. The SMILES string of the molecule is Clc1nccc2nc(OCc3cocn3)cnc12. The van der Waals surface area contributed by atoms with Crippen molar-refractivity contribution in [2.45, 2.75) is 6.61 Å². The Hall–Kier alpha value is -2.21. The molecule has 18 heavy (non-hydrogen) atoms. The highest BCUT2D eigenvalue weighted by molar-refractivity contribution is 6.33. The Kier molecular flexibility index (Phi) is 2.77. The van der Waals surface area contributed by atoms with Crippen molar-refractivity contribution in [3.63, 3.8) is 0 Å². The Morgan fingerprint density at radius 2 is 2.22 bits per heavy atom. The topological polar surface area (TPSA) is 73.9 Å². The minimum atomic E-state index is 0.273. The van der Waals surface area contributed by atoms with E-state index >= 15 is 0 Å². The van der Waals surface area contributed by atoms with Crippen LogP contribution in [0.5, 0.6) is 5.88 Å². The van der Waals surface area contributed by atoms with Crippen LogP contribution in [0.1, 0.15) is 5.69 Å². The molecule has 0 aliphatic heterocycles. The molecular formula is C11H7ClN4O2. The number of hydrogen-bond acceptors (Lipinski definition) is 6. The third-order valence-electron chi connectivity index (χ3n) is 2.24. The highest BCUT2D eigenvalue weighted by Crippen LogP contribution is 2.19. The van der Waals surface area contributed by atoms with Crippen molar-refractivity contribution < 1.29 is 9.15 Å². The molecule has 0 radical (unpaired) electrons. The Bertz CT molecular complexity index is 672. The van der Waals surface area contributed by atoms with Crippen LogP contribution in [0.15, 0.2) is 35.5 Å². The first-order valence-electron chi connectivity index (χ1n) is 5.10. The molecule has 0 saturated carbocycles. The molecule has 0 saturated heterocycles. The van der Waals surface area contributed by atoms with Crippen molar-refractivity contribution >= 4 is 22.6 Å². The number of halogens is 1. The first-order chi connectivity index (χ1) is 8.83. The summed E-state index contributed by atoms with van der Waals surface area (Å²) >= 11 is 5.89. The molecule has 6 nitrogen and oxygen atoms in total. The molecule has 0 N–H and O–H groups in total. The van der Waals surface area contributed by atoms with Crippen molar-refractivity contribution in [2.75, 3.05) is 0 Å². The molecule has 0 bridgehead atoms. The van der Waals surface area contributed by atoms with Gasteiger partial charge in [-0.25, -0.2) is 19.9 Å². The fraction of sp³-hybridized carbons (Fsp3) is 0.0909. The Balaban J connectivity index is 1.85. The average Bonchev–Trinajstić information content (AvgIpc) is 2.90. The number of oxazole rings is 1. The summed E-state index contributed by atoms with van der Waals surface area (Å²) < 4.78 is 10.3. The molecule has 90 valence electrons. The zero-order chi connectivity index (χ0) is 12.4. The summed E-state index contributed by atoms with van der Waals surface area (Å²) in [7, 11) is 0. The van der Waals surface area contributed by atoms with Crippen LogP contribution in [-0.4, -0.2) is 19.9 Å². The standard InChI is InChI=1S/C11H7ClN4O2/c12-11-10-8(1-2-13-11)16-9(3-14-10)18-5-7-4-17-6-15-7/h1-4,6H,5H2. The van der Waals surface area contributed by atoms with E-state index in [0.29, 0.717) is 27.8 Å². The second-order valence-corrected chi connectivity index (χ2v) is 3.80. The van der Waals surface area contributed by atoms with Crippen LogP contribution in [0.2, 0.25) is 5.15 Å². The number of rotatable bonds is 3. The zero-order valence-electron chi connectivity index (χ0n) is 9.08. The van der Waals surface area contributed by atoms with Gasteiger partial charge in [0.15, 0.2) is 11.5 Å². The maximum Gasteiger partial charge on any atom is 0.233 e. The van der Waals surface area contributed by atoms with Crippen LogP contribution in [0, 0.1) is 0 Å². The number of hydrogen-bond donors (Lipinski definition) is 0. The van der Waals surface area contributed by atoms with Crippen molar-refractivity contribution in [1.29, 1.82) is 0 Å². The molecule has 7 heteroatoms. The molecule has 0 unspecified atom stereocenters. The van der Waals surface area contributed by atoms with E-state index in [1.165, 1.54) is 18.9 Å². The van der Waals surface area contributed by atoms with Crippen LogP contribution in [0.25, 0.3) is 11.0 Å². The van der Waals surface area contributed by atoms with Gasteiger partial charge in [-0.05, 0) is 6.07 Å². The monoisotopic (exact) mass is 262 g/mol. The van der Waals surface area contributed by atoms with Gasteiger partial charge in [0.25, 0.3) is 0 Å². The summed E-state index contributed by atoms with van der Waals surface area (Å²) in [6, 6.07) is 1.72. The minimum absolute atomic E-state index is 0.273. The van der Waals surface area contributed by atoms with Gasteiger partial charge >= 0.3 is 0 Å². The minimum Gasteiger partial charge on any atom is -0.470 e. The molecule has 3 aromatic heterocycles. The maximum absolute atomic E-state index is 5.89. The smallest absolute Gasteiger partial charge is 0.233 e. The lowest BCUT2D eigenvalue weighted by Gasteiger charge is -2.04. The Labute approximate surface area is 107 Å². The predicted octanol–water partition coefficient (Wildman–Crippen LogP) is 2.25. The van der Waals surface area contributed by atoms with Gasteiger partial charge in [-0.15, -0.1) is 0 Å². The molecule has 0 spiro atoms. The van der Waals surface area contributed by atoms with Crippen molar-refractivity contribution in [3.05, 3.63) is 42.0 Å².